The number of ether oxygens (including phenoxy) is 2. The molecular weight excluding hydrogens is 436 g/mol. The van der Waals surface area contributed by atoms with Gasteiger partial charge in [-0.3, -0.25) is 24.0 Å². The summed E-state index contributed by atoms with van der Waals surface area (Å²) in [5, 5.41) is 0. The third-order valence-corrected chi connectivity index (χ3v) is 6.26. The zero-order valence-corrected chi connectivity index (χ0v) is 17.5. The number of hydrogen-bond acceptors (Lipinski definition) is 7. The van der Waals surface area contributed by atoms with Crippen molar-refractivity contribution in [2.45, 2.75) is 0 Å². The van der Waals surface area contributed by atoms with E-state index in [4.69, 9.17) is 9.47 Å². The summed E-state index contributed by atoms with van der Waals surface area (Å²) in [5.41, 5.74) is 1.73. The predicted octanol–water partition coefficient (Wildman–Crippen LogP) is 3.14. The minimum atomic E-state index is -0.684. The SMILES string of the molecule is O=C(C1=CC2=C(CO1)C(=O)c1ccccc1C2=O)C1=CC2=C(CO1)C(=O)c1ccccc1C2=O. The number of carbonyl (C=O) groups is 5. The molecule has 0 spiro atoms. The number of allylic oxidation sites excluding steroid dienone is 4. The minimum absolute atomic E-state index is 0.104. The number of Topliss-reactive ketones (excluding diaryl/α,β-unsaturated/α-hetero) is 5. The van der Waals surface area contributed by atoms with Gasteiger partial charge >= 0.3 is 0 Å². The van der Waals surface area contributed by atoms with Crippen molar-refractivity contribution in [3.63, 3.8) is 0 Å². The van der Waals surface area contributed by atoms with Crippen LogP contribution in [0.4, 0.5) is 0 Å². The molecule has 2 aromatic carbocycles. The van der Waals surface area contributed by atoms with Gasteiger partial charge < -0.3 is 9.47 Å². The molecule has 2 aromatic rings. The van der Waals surface area contributed by atoms with E-state index in [-0.39, 0.29) is 81.3 Å². The second-order valence-corrected chi connectivity index (χ2v) is 8.12. The summed E-state index contributed by atoms with van der Waals surface area (Å²) in [6.45, 7) is -0.477. The summed E-state index contributed by atoms with van der Waals surface area (Å²) >= 11 is 0. The number of ketones is 5. The lowest BCUT2D eigenvalue weighted by Crippen LogP contribution is -2.30. The van der Waals surface area contributed by atoms with E-state index in [1.165, 1.54) is 12.2 Å². The van der Waals surface area contributed by atoms with E-state index in [0.29, 0.717) is 11.1 Å². The number of benzene rings is 2. The molecule has 7 heteroatoms. The number of fused-ring (bicyclic) bond motifs is 2. The summed E-state index contributed by atoms with van der Waals surface area (Å²) in [4.78, 5) is 64.6. The first-order valence-electron chi connectivity index (χ1n) is 10.5. The van der Waals surface area contributed by atoms with Crippen LogP contribution in [-0.2, 0) is 14.3 Å². The molecule has 0 unspecified atom stereocenters. The van der Waals surface area contributed by atoms with E-state index in [2.05, 4.69) is 0 Å². The first-order chi connectivity index (χ1) is 16.5. The average molecular weight is 450 g/mol. The second-order valence-electron chi connectivity index (χ2n) is 8.12. The van der Waals surface area contributed by atoms with Crippen LogP contribution in [0.5, 0.6) is 0 Å². The fourth-order valence-corrected chi connectivity index (χ4v) is 4.51. The molecule has 0 amide bonds. The summed E-state index contributed by atoms with van der Waals surface area (Å²) in [6, 6.07) is 13.0. The lowest BCUT2D eigenvalue weighted by atomic mass is 9.82. The van der Waals surface area contributed by atoms with Gasteiger partial charge in [0.25, 0.3) is 5.78 Å². The van der Waals surface area contributed by atoms with Gasteiger partial charge in [-0.25, -0.2) is 0 Å². The molecule has 0 N–H and O–H groups in total. The maximum Gasteiger partial charge on any atom is 0.262 e. The number of carbonyl (C=O) groups excluding carboxylic acids is 5. The van der Waals surface area contributed by atoms with E-state index in [0.717, 1.165) is 0 Å². The molecule has 2 aliphatic carbocycles. The van der Waals surface area contributed by atoms with E-state index in [1.54, 1.807) is 48.5 Å². The first-order valence-corrected chi connectivity index (χ1v) is 10.5. The van der Waals surface area contributed by atoms with E-state index < -0.39 is 5.78 Å². The highest BCUT2D eigenvalue weighted by atomic mass is 16.5. The number of rotatable bonds is 2. The van der Waals surface area contributed by atoms with E-state index in [1.807, 2.05) is 0 Å². The lowest BCUT2D eigenvalue weighted by Gasteiger charge is -2.26. The van der Waals surface area contributed by atoms with Gasteiger partial charge in [0.2, 0.25) is 0 Å². The van der Waals surface area contributed by atoms with Crippen molar-refractivity contribution in [2.75, 3.05) is 13.2 Å². The van der Waals surface area contributed by atoms with Crippen LogP contribution in [0, 0.1) is 0 Å². The standard InChI is InChI=1S/C27H14O7/c28-23-13-5-1-3-7-15(13)25(30)19-11-33-21(9-17(19)23)27(32)22-10-18-20(12-34-22)26(31)16-8-4-2-6-14(16)24(18)29/h1-10H,11-12H2. The Kier molecular flexibility index (Phi) is 4.22. The van der Waals surface area contributed by atoms with Crippen LogP contribution in [0.15, 0.2) is 94.5 Å². The Morgan fingerprint density at radius 1 is 0.559 bits per heavy atom. The van der Waals surface area contributed by atoms with Crippen LogP contribution in [-0.4, -0.2) is 42.1 Å². The van der Waals surface area contributed by atoms with Crippen molar-refractivity contribution in [1.82, 2.24) is 0 Å². The van der Waals surface area contributed by atoms with Gasteiger partial charge in [-0.15, -0.1) is 0 Å². The van der Waals surface area contributed by atoms with Crippen molar-refractivity contribution < 1.29 is 33.4 Å². The monoisotopic (exact) mass is 450 g/mol. The summed E-state index contributed by atoms with van der Waals surface area (Å²) in [6.07, 6.45) is 2.49. The molecule has 4 aliphatic rings. The highest BCUT2D eigenvalue weighted by Gasteiger charge is 2.38. The molecule has 34 heavy (non-hydrogen) atoms. The van der Waals surface area contributed by atoms with Crippen LogP contribution in [0.2, 0.25) is 0 Å². The lowest BCUT2D eigenvalue weighted by molar-refractivity contribution is -0.118. The molecule has 0 bridgehead atoms. The molecule has 164 valence electrons. The fourth-order valence-electron chi connectivity index (χ4n) is 4.51. The third kappa shape index (κ3) is 2.73. The molecule has 2 heterocycles. The first kappa shape index (κ1) is 20.0. The predicted molar refractivity (Wildman–Crippen MR) is 117 cm³/mol. The smallest absolute Gasteiger partial charge is 0.262 e. The molecule has 0 fully saturated rings. The van der Waals surface area contributed by atoms with Gasteiger partial charge in [-0.1, -0.05) is 48.5 Å². The van der Waals surface area contributed by atoms with Crippen LogP contribution in [0.25, 0.3) is 0 Å². The Labute approximate surface area is 192 Å². The highest BCUT2D eigenvalue weighted by molar-refractivity contribution is 6.30. The Balaban J connectivity index is 1.36. The maximum atomic E-state index is 13.1. The molecule has 0 atom stereocenters. The summed E-state index contributed by atoms with van der Waals surface area (Å²) in [7, 11) is 0. The topological polar surface area (TPSA) is 104 Å². The second kappa shape index (κ2) is 7.18. The van der Waals surface area contributed by atoms with Gasteiger partial charge in [-0.2, -0.15) is 0 Å². The highest BCUT2D eigenvalue weighted by Crippen LogP contribution is 2.34. The van der Waals surface area contributed by atoms with E-state index in [9.17, 15) is 24.0 Å². The van der Waals surface area contributed by atoms with E-state index >= 15 is 0 Å². The third-order valence-electron chi connectivity index (χ3n) is 6.26. The molecule has 0 saturated carbocycles. The van der Waals surface area contributed by atoms with Crippen molar-refractivity contribution in [2.24, 2.45) is 0 Å². The van der Waals surface area contributed by atoms with Crippen molar-refractivity contribution in [3.05, 3.63) is 117 Å². The zero-order valence-electron chi connectivity index (χ0n) is 17.5. The molecule has 7 nitrogen and oxygen atoms in total. The number of hydrogen-bond donors (Lipinski definition) is 0. The van der Waals surface area contributed by atoms with Gasteiger partial charge in [-0.05, 0) is 12.2 Å². The molecule has 0 radical (unpaired) electrons. The fraction of sp³-hybridized carbons (Fsp3) is 0.0741. The van der Waals surface area contributed by atoms with Crippen LogP contribution in [0.3, 0.4) is 0 Å². The average Bonchev–Trinajstić information content (AvgIpc) is 2.89. The molecule has 6 rings (SSSR count). The van der Waals surface area contributed by atoms with Gasteiger partial charge in [0.05, 0.1) is 0 Å². The largest absolute Gasteiger partial charge is 0.484 e. The van der Waals surface area contributed by atoms with Crippen molar-refractivity contribution in [3.8, 4) is 0 Å². The van der Waals surface area contributed by atoms with Gasteiger partial charge in [0.1, 0.15) is 13.2 Å². The zero-order chi connectivity index (χ0) is 23.6. The molecule has 0 saturated heterocycles. The Morgan fingerprint density at radius 3 is 1.29 bits per heavy atom. The van der Waals surface area contributed by atoms with Gasteiger partial charge in [0, 0.05) is 44.5 Å². The Hall–Kier alpha value is -4.65. The van der Waals surface area contributed by atoms with Gasteiger partial charge in [0.15, 0.2) is 34.7 Å². The van der Waals surface area contributed by atoms with Crippen molar-refractivity contribution >= 4 is 28.9 Å². The molecular formula is C27H14O7. The Morgan fingerprint density at radius 2 is 0.912 bits per heavy atom. The van der Waals surface area contributed by atoms with Crippen molar-refractivity contribution in [1.29, 1.82) is 0 Å². The quantitative estimate of drug-likeness (QED) is 0.692. The minimum Gasteiger partial charge on any atom is -0.484 e. The summed E-state index contributed by atoms with van der Waals surface area (Å²) in [5.74, 6) is -2.41. The molecule has 2 aliphatic heterocycles. The normalized spacial score (nSPS) is 18.7. The van der Waals surface area contributed by atoms with Crippen LogP contribution >= 0.6 is 0 Å². The van der Waals surface area contributed by atoms with Crippen LogP contribution in [0.1, 0.15) is 41.4 Å². The summed E-state index contributed by atoms with van der Waals surface area (Å²) < 4.78 is 11.1. The Bertz CT molecular complexity index is 1410. The maximum absolute atomic E-state index is 13.1. The molecule has 0 aromatic heterocycles. The van der Waals surface area contributed by atoms with Crippen LogP contribution < -0.4 is 0 Å².